The van der Waals surface area contributed by atoms with E-state index >= 15 is 0 Å². The van der Waals surface area contributed by atoms with E-state index in [1.54, 1.807) is 30.3 Å². The van der Waals surface area contributed by atoms with Gasteiger partial charge >= 0.3 is 0 Å². The molecule has 0 bridgehead atoms. The number of nitrogens with one attached hydrogen (secondary N) is 1. The highest BCUT2D eigenvalue weighted by Gasteiger charge is 2.22. The number of carbonyl (C=O) groups excluding carboxylic acids is 1. The van der Waals surface area contributed by atoms with Gasteiger partial charge in [0.05, 0.1) is 16.4 Å². The molecule has 0 saturated carbocycles. The fourth-order valence-electron chi connectivity index (χ4n) is 2.66. The summed E-state index contributed by atoms with van der Waals surface area (Å²) < 4.78 is 1.23. The lowest BCUT2D eigenvalue weighted by Gasteiger charge is -2.18. The Bertz CT molecular complexity index is 970. The predicted molar refractivity (Wildman–Crippen MR) is 103 cm³/mol. The molecule has 1 N–H and O–H groups in total. The second-order valence-electron chi connectivity index (χ2n) is 5.76. The molecule has 0 radical (unpaired) electrons. The van der Waals surface area contributed by atoms with Gasteiger partial charge < -0.3 is 5.32 Å². The van der Waals surface area contributed by atoms with Crippen LogP contribution in [0.5, 0.6) is 0 Å². The molecule has 26 heavy (non-hydrogen) atoms. The molecule has 1 aromatic heterocycles. The average molecular weight is 368 g/mol. The standard InChI is InChI=1S/C20H18ClN3O2/c1-2-18(20(26)22-17-11-7-6-10-15(17)21)24-19(25)13-12-16(23-24)14-8-4-3-5-9-14/h3-13,18H,2H2,1H3,(H,22,26)/t18-/m1/s1. The number of benzene rings is 2. The lowest BCUT2D eigenvalue weighted by Crippen LogP contribution is -2.34. The maximum Gasteiger partial charge on any atom is 0.267 e. The van der Waals surface area contributed by atoms with Gasteiger partial charge in [-0.2, -0.15) is 5.10 Å². The van der Waals surface area contributed by atoms with E-state index in [1.165, 1.54) is 10.7 Å². The predicted octanol–water partition coefficient (Wildman–Crippen LogP) is 4.15. The number of rotatable bonds is 5. The number of aromatic nitrogens is 2. The minimum atomic E-state index is -0.734. The third-order valence-electron chi connectivity index (χ3n) is 4.01. The van der Waals surface area contributed by atoms with Gasteiger partial charge in [0.25, 0.3) is 5.56 Å². The molecule has 3 aromatic rings. The molecular weight excluding hydrogens is 350 g/mol. The Morgan fingerprint density at radius 2 is 1.77 bits per heavy atom. The Labute approximate surface area is 156 Å². The van der Waals surface area contributed by atoms with Crippen LogP contribution in [0.1, 0.15) is 19.4 Å². The number of carbonyl (C=O) groups is 1. The van der Waals surface area contributed by atoms with Gasteiger partial charge in [-0.05, 0) is 24.6 Å². The molecule has 0 aliphatic heterocycles. The quantitative estimate of drug-likeness (QED) is 0.736. The SMILES string of the molecule is CC[C@H](C(=O)Nc1ccccc1Cl)n1nc(-c2ccccc2)ccc1=O. The third kappa shape index (κ3) is 3.83. The lowest BCUT2D eigenvalue weighted by atomic mass is 10.1. The molecule has 1 amide bonds. The molecule has 132 valence electrons. The monoisotopic (exact) mass is 367 g/mol. The van der Waals surface area contributed by atoms with E-state index in [0.29, 0.717) is 22.8 Å². The van der Waals surface area contributed by atoms with Gasteiger partial charge in [0.15, 0.2) is 0 Å². The van der Waals surface area contributed by atoms with Gasteiger partial charge in [-0.15, -0.1) is 0 Å². The number of hydrogen-bond acceptors (Lipinski definition) is 3. The smallest absolute Gasteiger partial charge is 0.267 e. The van der Waals surface area contributed by atoms with Gasteiger partial charge in [-0.25, -0.2) is 4.68 Å². The molecule has 1 atom stereocenters. The zero-order chi connectivity index (χ0) is 18.5. The average Bonchev–Trinajstić information content (AvgIpc) is 2.66. The lowest BCUT2D eigenvalue weighted by molar-refractivity contribution is -0.119. The molecule has 0 saturated heterocycles. The first-order chi connectivity index (χ1) is 12.6. The van der Waals surface area contributed by atoms with Crippen LogP contribution in [0.25, 0.3) is 11.3 Å². The van der Waals surface area contributed by atoms with Crippen LogP contribution in [-0.4, -0.2) is 15.7 Å². The number of halogens is 1. The van der Waals surface area contributed by atoms with Crippen molar-refractivity contribution < 1.29 is 4.79 Å². The van der Waals surface area contributed by atoms with E-state index in [9.17, 15) is 9.59 Å². The van der Waals surface area contributed by atoms with Gasteiger partial charge in [-0.1, -0.05) is 61.0 Å². The fourth-order valence-corrected chi connectivity index (χ4v) is 2.84. The summed E-state index contributed by atoms with van der Waals surface area (Å²) in [5.41, 5.74) is 1.69. The zero-order valence-corrected chi connectivity index (χ0v) is 15.0. The van der Waals surface area contributed by atoms with E-state index in [0.717, 1.165) is 5.56 Å². The van der Waals surface area contributed by atoms with Crippen LogP contribution in [0.15, 0.2) is 71.5 Å². The van der Waals surface area contributed by atoms with Crippen LogP contribution in [0.2, 0.25) is 5.02 Å². The summed E-state index contributed by atoms with van der Waals surface area (Å²) in [6.07, 6.45) is 0.418. The van der Waals surface area contributed by atoms with Gasteiger partial charge in [-0.3, -0.25) is 9.59 Å². The molecule has 5 nitrogen and oxygen atoms in total. The highest BCUT2D eigenvalue weighted by atomic mass is 35.5. The first kappa shape index (κ1) is 17.9. The summed E-state index contributed by atoms with van der Waals surface area (Å²) in [4.78, 5) is 25.0. The molecule has 0 aliphatic rings. The molecule has 6 heteroatoms. The normalized spacial score (nSPS) is 11.8. The number of para-hydroxylation sites is 1. The summed E-state index contributed by atoms with van der Waals surface area (Å²) in [7, 11) is 0. The van der Waals surface area contributed by atoms with Crippen molar-refractivity contribution in [2.24, 2.45) is 0 Å². The Morgan fingerprint density at radius 1 is 1.08 bits per heavy atom. The molecular formula is C20H18ClN3O2. The van der Waals surface area contributed by atoms with Gasteiger partial charge in [0.1, 0.15) is 6.04 Å². The van der Waals surface area contributed by atoms with Crippen molar-refractivity contribution in [1.82, 2.24) is 9.78 Å². The van der Waals surface area contributed by atoms with Crippen LogP contribution in [0.3, 0.4) is 0 Å². The van der Waals surface area contributed by atoms with E-state index in [4.69, 9.17) is 11.6 Å². The Morgan fingerprint density at radius 3 is 2.46 bits per heavy atom. The van der Waals surface area contributed by atoms with Crippen molar-refractivity contribution in [3.05, 3.63) is 82.1 Å². The van der Waals surface area contributed by atoms with Gasteiger partial charge in [0.2, 0.25) is 5.91 Å². The molecule has 0 fully saturated rings. The minimum Gasteiger partial charge on any atom is -0.323 e. The third-order valence-corrected chi connectivity index (χ3v) is 4.34. The Balaban J connectivity index is 1.93. The van der Waals surface area contributed by atoms with Crippen LogP contribution >= 0.6 is 11.6 Å². The van der Waals surface area contributed by atoms with E-state index in [-0.39, 0.29) is 11.5 Å². The number of amides is 1. The maximum atomic E-state index is 12.7. The Hall–Kier alpha value is -2.92. The summed E-state index contributed by atoms with van der Waals surface area (Å²) in [6.45, 7) is 1.83. The second kappa shape index (κ2) is 7.97. The number of anilines is 1. The van der Waals surface area contributed by atoms with Crippen molar-refractivity contribution in [2.45, 2.75) is 19.4 Å². The highest BCUT2D eigenvalue weighted by Crippen LogP contribution is 2.22. The number of nitrogens with zero attached hydrogens (tertiary/aromatic N) is 2. The van der Waals surface area contributed by atoms with Crippen LogP contribution in [0, 0.1) is 0 Å². The van der Waals surface area contributed by atoms with Crippen LogP contribution in [-0.2, 0) is 4.79 Å². The Kier molecular flexibility index (Phi) is 5.49. The summed E-state index contributed by atoms with van der Waals surface area (Å²) in [5, 5.41) is 7.62. The summed E-state index contributed by atoms with van der Waals surface area (Å²) in [5.74, 6) is -0.333. The first-order valence-electron chi connectivity index (χ1n) is 8.31. The van der Waals surface area contributed by atoms with Gasteiger partial charge in [0, 0.05) is 11.6 Å². The molecule has 3 rings (SSSR count). The minimum absolute atomic E-state index is 0.328. The summed E-state index contributed by atoms with van der Waals surface area (Å²) in [6, 6.07) is 18.8. The maximum absolute atomic E-state index is 12.7. The van der Waals surface area contributed by atoms with E-state index in [1.807, 2.05) is 37.3 Å². The fraction of sp³-hybridized carbons (Fsp3) is 0.150. The van der Waals surface area contributed by atoms with Crippen LogP contribution in [0.4, 0.5) is 5.69 Å². The van der Waals surface area contributed by atoms with Crippen LogP contribution < -0.4 is 10.9 Å². The van der Waals surface area contributed by atoms with E-state index in [2.05, 4.69) is 10.4 Å². The highest BCUT2D eigenvalue weighted by molar-refractivity contribution is 6.33. The molecule has 0 spiro atoms. The second-order valence-corrected chi connectivity index (χ2v) is 6.17. The van der Waals surface area contributed by atoms with Crippen molar-refractivity contribution in [3.8, 4) is 11.3 Å². The molecule has 2 aromatic carbocycles. The summed E-state index contributed by atoms with van der Waals surface area (Å²) >= 11 is 6.10. The number of hydrogen-bond donors (Lipinski definition) is 1. The molecule has 1 heterocycles. The first-order valence-corrected chi connectivity index (χ1v) is 8.68. The van der Waals surface area contributed by atoms with Crippen molar-refractivity contribution in [1.29, 1.82) is 0 Å². The molecule has 0 unspecified atom stereocenters. The van der Waals surface area contributed by atoms with E-state index < -0.39 is 6.04 Å². The topological polar surface area (TPSA) is 64.0 Å². The van der Waals surface area contributed by atoms with Crippen molar-refractivity contribution in [3.63, 3.8) is 0 Å². The molecule has 0 aliphatic carbocycles. The largest absolute Gasteiger partial charge is 0.323 e. The zero-order valence-electron chi connectivity index (χ0n) is 14.2. The van der Waals surface area contributed by atoms with Crippen molar-refractivity contribution in [2.75, 3.05) is 5.32 Å². The van der Waals surface area contributed by atoms with Crippen molar-refractivity contribution >= 4 is 23.2 Å².